The first-order valence-corrected chi connectivity index (χ1v) is 11.6. The topological polar surface area (TPSA) is 80.0 Å². The minimum atomic E-state index is -0.875. The zero-order chi connectivity index (χ0) is 24.2. The molecule has 34 heavy (non-hydrogen) atoms. The van der Waals surface area contributed by atoms with Crippen molar-refractivity contribution >= 4 is 23.1 Å². The van der Waals surface area contributed by atoms with Gasteiger partial charge in [-0.25, -0.2) is 0 Å². The zero-order valence-electron chi connectivity index (χ0n) is 19.7. The number of Topliss-reactive ketones (excluding diaryl/α,β-unsaturated/α-hetero) is 1. The molecule has 0 spiro atoms. The van der Waals surface area contributed by atoms with Gasteiger partial charge in [0.2, 0.25) is 0 Å². The molecule has 1 aliphatic heterocycles. The van der Waals surface area contributed by atoms with Crippen LogP contribution in [-0.4, -0.2) is 23.4 Å². The highest BCUT2D eigenvalue weighted by Gasteiger charge is 2.48. The van der Waals surface area contributed by atoms with Gasteiger partial charge >= 0.3 is 0 Å². The molecule has 1 unspecified atom stereocenters. The highest BCUT2D eigenvalue weighted by atomic mass is 16.5. The van der Waals surface area contributed by atoms with E-state index in [-0.39, 0.29) is 11.3 Å². The van der Waals surface area contributed by atoms with E-state index in [9.17, 15) is 14.7 Å². The number of ketones is 1. The molecule has 176 valence electrons. The molecule has 1 saturated heterocycles. The lowest BCUT2D eigenvalue weighted by atomic mass is 9.98. The van der Waals surface area contributed by atoms with Gasteiger partial charge in [-0.15, -0.1) is 0 Å². The number of aliphatic hydroxyl groups is 1. The summed E-state index contributed by atoms with van der Waals surface area (Å²) in [4.78, 5) is 27.8. The molecule has 1 amide bonds. The molecule has 0 aliphatic carbocycles. The van der Waals surface area contributed by atoms with E-state index in [0.717, 1.165) is 30.4 Å². The summed E-state index contributed by atoms with van der Waals surface area (Å²) in [5.74, 6) is -0.610. The molecular weight excluding hydrogens is 430 g/mol. The SMILES string of the molecule is CCCCCOc1ccc(/C(O)=C2/C(=O)C(=O)N(c3cc(C)ccc3C)C2c2ccco2)cc1. The summed E-state index contributed by atoms with van der Waals surface area (Å²) in [7, 11) is 0. The number of aryl methyl sites for hydroxylation is 2. The van der Waals surface area contributed by atoms with Crippen molar-refractivity contribution in [3.05, 3.63) is 88.9 Å². The quantitative estimate of drug-likeness (QED) is 0.191. The van der Waals surface area contributed by atoms with Gasteiger partial charge in [-0.2, -0.15) is 0 Å². The molecule has 1 N–H and O–H groups in total. The number of furan rings is 1. The molecule has 0 bridgehead atoms. The van der Waals surface area contributed by atoms with Crippen LogP contribution in [0.25, 0.3) is 5.76 Å². The minimum absolute atomic E-state index is 0.00234. The Morgan fingerprint density at radius 1 is 1.06 bits per heavy atom. The van der Waals surface area contributed by atoms with Gasteiger partial charge in [0.25, 0.3) is 11.7 Å². The fourth-order valence-electron chi connectivity index (χ4n) is 4.18. The Kier molecular flexibility index (Phi) is 6.87. The second-order valence-corrected chi connectivity index (χ2v) is 8.55. The van der Waals surface area contributed by atoms with Crippen LogP contribution in [0, 0.1) is 13.8 Å². The average molecular weight is 460 g/mol. The number of anilines is 1. The summed E-state index contributed by atoms with van der Waals surface area (Å²) in [5, 5.41) is 11.2. The molecule has 6 nitrogen and oxygen atoms in total. The predicted octanol–water partition coefficient (Wildman–Crippen LogP) is 6.09. The van der Waals surface area contributed by atoms with Crippen LogP contribution in [-0.2, 0) is 9.59 Å². The zero-order valence-corrected chi connectivity index (χ0v) is 19.7. The fourth-order valence-corrected chi connectivity index (χ4v) is 4.18. The van der Waals surface area contributed by atoms with Crippen LogP contribution in [0.15, 0.2) is 70.9 Å². The van der Waals surface area contributed by atoms with Crippen molar-refractivity contribution in [3.63, 3.8) is 0 Å². The van der Waals surface area contributed by atoms with E-state index in [1.54, 1.807) is 36.4 Å². The second-order valence-electron chi connectivity index (χ2n) is 8.55. The van der Waals surface area contributed by atoms with Crippen LogP contribution in [0.3, 0.4) is 0 Å². The predicted molar refractivity (Wildman–Crippen MR) is 131 cm³/mol. The van der Waals surface area contributed by atoms with Gasteiger partial charge in [0.05, 0.1) is 18.4 Å². The van der Waals surface area contributed by atoms with E-state index < -0.39 is 17.7 Å². The van der Waals surface area contributed by atoms with Crippen LogP contribution in [0.2, 0.25) is 0 Å². The van der Waals surface area contributed by atoms with E-state index in [4.69, 9.17) is 9.15 Å². The number of hydrogen-bond acceptors (Lipinski definition) is 5. The number of ether oxygens (including phenoxy) is 1. The molecule has 2 heterocycles. The molecule has 1 aromatic heterocycles. The Labute approximate surface area is 199 Å². The van der Waals surface area contributed by atoms with Gasteiger partial charge in [-0.1, -0.05) is 31.9 Å². The lowest BCUT2D eigenvalue weighted by molar-refractivity contribution is -0.132. The molecule has 1 aliphatic rings. The van der Waals surface area contributed by atoms with Crippen molar-refractivity contribution in [3.8, 4) is 5.75 Å². The third-order valence-electron chi connectivity index (χ3n) is 6.03. The number of rotatable bonds is 8. The van der Waals surface area contributed by atoms with Crippen molar-refractivity contribution in [2.75, 3.05) is 11.5 Å². The highest BCUT2D eigenvalue weighted by molar-refractivity contribution is 6.51. The molecular formula is C28H29NO5. The highest BCUT2D eigenvalue weighted by Crippen LogP contribution is 2.43. The summed E-state index contributed by atoms with van der Waals surface area (Å²) >= 11 is 0. The summed E-state index contributed by atoms with van der Waals surface area (Å²) in [5.41, 5.74) is 2.83. The summed E-state index contributed by atoms with van der Waals surface area (Å²) in [6.45, 7) is 6.57. The Hall–Kier alpha value is -3.80. The lowest BCUT2D eigenvalue weighted by Gasteiger charge is -2.25. The van der Waals surface area contributed by atoms with E-state index >= 15 is 0 Å². The number of hydrogen-bond donors (Lipinski definition) is 1. The number of carbonyl (C=O) groups excluding carboxylic acids is 2. The molecule has 1 fully saturated rings. The van der Waals surface area contributed by atoms with Gasteiger partial charge in [-0.3, -0.25) is 14.5 Å². The number of amides is 1. The Morgan fingerprint density at radius 3 is 2.50 bits per heavy atom. The number of benzene rings is 2. The number of aliphatic hydroxyl groups excluding tert-OH is 1. The number of carbonyl (C=O) groups is 2. The summed E-state index contributed by atoms with van der Waals surface area (Å²) < 4.78 is 11.4. The number of nitrogens with zero attached hydrogens (tertiary/aromatic N) is 1. The van der Waals surface area contributed by atoms with Crippen molar-refractivity contribution in [2.45, 2.75) is 46.1 Å². The van der Waals surface area contributed by atoms with Crippen LogP contribution in [0.4, 0.5) is 5.69 Å². The third-order valence-corrected chi connectivity index (χ3v) is 6.03. The van der Waals surface area contributed by atoms with Crippen molar-refractivity contribution < 1.29 is 23.8 Å². The monoisotopic (exact) mass is 459 g/mol. The normalized spacial score (nSPS) is 17.4. The van der Waals surface area contributed by atoms with E-state index in [2.05, 4.69) is 6.92 Å². The van der Waals surface area contributed by atoms with Crippen molar-refractivity contribution in [2.24, 2.45) is 0 Å². The largest absolute Gasteiger partial charge is 0.507 e. The maximum absolute atomic E-state index is 13.2. The molecule has 4 rings (SSSR count). The van der Waals surface area contributed by atoms with E-state index in [1.807, 2.05) is 32.0 Å². The van der Waals surface area contributed by atoms with E-state index in [1.165, 1.54) is 11.2 Å². The molecule has 3 aromatic rings. The van der Waals surface area contributed by atoms with Crippen LogP contribution >= 0.6 is 0 Å². The van der Waals surface area contributed by atoms with Crippen LogP contribution < -0.4 is 9.64 Å². The molecule has 0 radical (unpaired) electrons. The van der Waals surface area contributed by atoms with Crippen LogP contribution in [0.5, 0.6) is 5.75 Å². The van der Waals surface area contributed by atoms with Crippen molar-refractivity contribution in [1.29, 1.82) is 0 Å². The van der Waals surface area contributed by atoms with Gasteiger partial charge < -0.3 is 14.3 Å². The first-order chi connectivity index (χ1) is 16.4. The standard InChI is InChI=1S/C28H29NO5/c1-4-5-6-15-33-21-13-11-20(12-14-21)26(30)24-25(23-8-7-16-34-23)29(28(32)27(24)31)22-17-18(2)9-10-19(22)3/h7-14,16-17,25,30H,4-6,15H2,1-3H3/b26-24-. The van der Waals surface area contributed by atoms with Gasteiger partial charge in [0.1, 0.15) is 23.3 Å². The van der Waals surface area contributed by atoms with Gasteiger partial charge in [0.15, 0.2) is 0 Å². The van der Waals surface area contributed by atoms with Gasteiger partial charge in [0, 0.05) is 11.3 Å². The summed E-state index contributed by atoms with van der Waals surface area (Å²) in [6.07, 6.45) is 4.69. The number of unbranched alkanes of at least 4 members (excludes halogenated alkanes) is 2. The lowest BCUT2D eigenvalue weighted by Crippen LogP contribution is -2.30. The second kappa shape index (κ2) is 10.00. The van der Waals surface area contributed by atoms with Crippen LogP contribution in [0.1, 0.15) is 54.7 Å². The minimum Gasteiger partial charge on any atom is -0.507 e. The maximum atomic E-state index is 13.2. The molecule has 6 heteroatoms. The first kappa shape index (κ1) is 23.4. The molecule has 1 atom stereocenters. The average Bonchev–Trinajstić information content (AvgIpc) is 3.45. The third kappa shape index (κ3) is 4.49. The van der Waals surface area contributed by atoms with Crippen molar-refractivity contribution in [1.82, 2.24) is 0 Å². The van der Waals surface area contributed by atoms with E-state index in [0.29, 0.717) is 29.4 Å². The molecule has 0 saturated carbocycles. The Balaban J connectivity index is 1.74. The Morgan fingerprint density at radius 2 is 1.82 bits per heavy atom. The smallest absolute Gasteiger partial charge is 0.300 e. The maximum Gasteiger partial charge on any atom is 0.300 e. The molecule has 2 aromatic carbocycles. The van der Waals surface area contributed by atoms with Gasteiger partial charge in [-0.05, 0) is 73.9 Å². The fraction of sp³-hybridized carbons (Fsp3) is 0.286. The first-order valence-electron chi connectivity index (χ1n) is 11.6. The Bertz CT molecular complexity index is 1210. The summed E-state index contributed by atoms with van der Waals surface area (Å²) in [6, 6.07) is 15.1.